The number of carbonyl (C=O) groups is 1. The summed E-state index contributed by atoms with van der Waals surface area (Å²) in [5, 5.41) is 0. The average molecular weight is 178 g/mol. The molecule has 0 N–H and O–H groups in total. The van der Waals surface area contributed by atoms with Crippen molar-refractivity contribution in [2.24, 2.45) is 0 Å². The molecule has 0 aliphatic rings. The fourth-order valence-corrected chi connectivity index (χ4v) is 1.78. The summed E-state index contributed by atoms with van der Waals surface area (Å²) in [5.41, 5.74) is 1.02. The van der Waals surface area contributed by atoms with Crippen LogP contribution in [-0.2, 0) is 0 Å². The summed E-state index contributed by atoms with van der Waals surface area (Å²) in [6.45, 7) is 0. The maximum Gasteiger partial charge on any atom is 0.160 e. The summed E-state index contributed by atoms with van der Waals surface area (Å²) in [7, 11) is 0. The molecular formula is C9H6O2S. The van der Waals surface area contributed by atoms with Gasteiger partial charge in [0.1, 0.15) is 0 Å². The Hall–Kier alpha value is -1.35. The fourth-order valence-electron chi connectivity index (χ4n) is 0.976. The van der Waals surface area contributed by atoms with Crippen molar-refractivity contribution >= 4 is 17.6 Å². The van der Waals surface area contributed by atoms with Crippen LogP contribution in [0.5, 0.6) is 0 Å². The van der Waals surface area contributed by atoms with Crippen molar-refractivity contribution in [3.63, 3.8) is 0 Å². The van der Waals surface area contributed by atoms with Crippen LogP contribution in [0.3, 0.4) is 0 Å². The standard InChI is InChI=1S/C9H6O2S/c10-5-8-1-2-9(12-8)7-3-4-11-6-7/h1-6H. The third-order valence-corrected chi connectivity index (χ3v) is 2.61. The van der Waals surface area contributed by atoms with E-state index in [-0.39, 0.29) is 0 Å². The van der Waals surface area contributed by atoms with Crippen LogP contribution in [0.4, 0.5) is 0 Å². The van der Waals surface area contributed by atoms with Crippen molar-refractivity contribution in [3.8, 4) is 10.4 Å². The minimum atomic E-state index is 0.742. The molecule has 2 aromatic rings. The van der Waals surface area contributed by atoms with Gasteiger partial charge in [-0.1, -0.05) is 0 Å². The molecule has 12 heavy (non-hydrogen) atoms. The molecule has 0 radical (unpaired) electrons. The Morgan fingerprint density at radius 1 is 1.33 bits per heavy atom. The molecule has 2 rings (SSSR count). The molecule has 0 saturated heterocycles. The van der Waals surface area contributed by atoms with E-state index in [2.05, 4.69) is 0 Å². The van der Waals surface area contributed by atoms with Crippen molar-refractivity contribution in [2.45, 2.75) is 0 Å². The van der Waals surface area contributed by atoms with Gasteiger partial charge in [0, 0.05) is 10.4 Å². The Bertz CT molecular complexity index is 373. The molecule has 2 heterocycles. The van der Waals surface area contributed by atoms with Crippen LogP contribution in [0.25, 0.3) is 10.4 Å². The zero-order valence-electron chi connectivity index (χ0n) is 6.19. The minimum Gasteiger partial charge on any atom is -0.472 e. The van der Waals surface area contributed by atoms with Gasteiger partial charge in [0.05, 0.1) is 17.4 Å². The Morgan fingerprint density at radius 3 is 2.83 bits per heavy atom. The lowest BCUT2D eigenvalue weighted by Crippen LogP contribution is -1.62. The van der Waals surface area contributed by atoms with Gasteiger partial charge in [0.2, 0.25) is 0 Å². The molecule has 0 fully saturated rings. The minimum absolute atomic E-state index is 0.742. The molecule has 3 heteroatoms. The number of hydrogen-bond acceptors (Lipinski definition) is 3. The maximum absolute atomic E-state index is 10.4. The van der Waals surface area contributed by atoms with Crippen molar-refractivity contribution in [3.05, 3.63) is 35.6 Å². The molecule has 0 unspecified atom stereocenters. The van der Waals surface area contributed by atoms with Crippen molar-refractivity contribution in [2.75, 3.05) is 0 Å². The Balaban J connectivity index is 2.41. The molecule has 2 aromatic heterocycles. The van der Waals surface area contributed by atoms with E-state index >= 15 is 0 Å². The first-order chi connectivity index (χ1) is 5.90. The van der Waals surface area contributed by atoms with E-state index in [0.29, 0.717) is 0 Å². The van der Waals surface area contributed by atoms with Crippen LogP contribution in [0, 0.1) is 0 Å². The highest BCUT2D eigenvalue weighted by Gasteiger charge is 2.02. The molecule has 0 atom stereocenters. The van der Waals surface area contributed by atoms with E-state index in [9.17, 15) is 4.79 Å². The Labute approximate surface area is 73.4 Å². The molecule has 60 valence electrons. The Morgan fingerprint density at radius 2 is 2.25 bits per heavy atom. The second kappa shape index (κ2) is 2.95. The summed E-state index contributed by atoms with van der Waals surface area (Å²) in [6.07, 6.45) is 4.14. The highest BCUT2D eigenvalue weighted by atomic mass is 32.1. The topological polar surface area (TPSA) is 30.2 Å². The lowest BCUT2D eigenvalue weighted by atomic mass is 10.3. The number of rotatable bonds is 2. The maximum atomic E-state index is 10.4. The van der Waals surface area contributed by atoms with E-state index in [0.717, 1.165) is 21.6 Å². The van der Waals surface area contributed by atoms with E-state index in [1.54, 1.807) is 18.6 Å². The average Bonchev–Trinajstić information content (AvgIpc) is 2.75. The summed E-state index contributed by atoms with van der Waals surface area (Å²) in [6, 6.07) is 5.60. The Kier molecular flexibility index (Phi) is 1.80. The number of furan rings is 1. The van der Waals surface area contributed by atoms with E-state index in [1.807, 2.05) is 12.1 Å². The first-order valence-electron chi connectivity index (χ1n) is 3.48. The van der Waals surface area contributed by atoms with Crippen molar-refractivity contribution < 1.29 is 9.21 Å². The van der Waals surface area contributed by atoms with Crippen LogP contribution in [0.15, 0.2) is 35.1 Å². The monoisotopic (exact) mass is 178 g/mol. The fraction of sp³-hybridized carbons (Fsp3) is 0. The third-order valence-electron chi connectivity index (χ3n) is 1.55. The van der Waals surface area contributed by atoms with Crippen LogP contribution in [0.1, 0.15) is 9.67 Å². The summed E-state index contributed by atoms with van der Waals surface area (Å²) < 4.78 is 4.93. The molecule has 2 nitrogen and oxygen atoms in total. The predicted molar refractivity (Wildman–Crippen MR) is 47.4 cm³/mol. The van der Waals surface area contributed by atoms with Gasteiger partial charge in [-0.2, -0.15) is 0 Å². The van der Waals surface area contributed by atoms with E-state index < -0.39 is 0 Å². The van der Waals surface area contributed by atoms with Crippen molar-refractivity contribution in [1.29, 1.82) is 0 Å². The van der Waals surface area contributed by atoms with Gasteiger partial charge in [-0.3, -0.25) is 4.79 Å². The second-order valence-electron chi connectivity index (χ2n) is 2.33. The molecule has 0 bridgehead atoms. The van der Waals surface area contributed by atoms with Gasteiger partial charge in [0.25, 0.3) is 0 Å². The number of aldehydes is 1. The summed E-state index contributed by atoms with van der Waals surface area (Å²) in [4.78, 5) is 12.2. The SMILES string of the molecule is O=Cc1ccc(-c2ccoc2)s1. The van der Waals surface area contributed by atoms with Crippen LogP contribution >= 0.6 is 11.3 Å². The molecule has 0 aliphatic carbocycles. The zero-order chi connectivity index (χ0) is 8.39. The highest BCUT2D eigenvalue weighted by Crippen LogP contribution is 2.27. The van der Waals surface area contributed by atoms with Crippen LogP contribution in [-0.4, -0.2) is 6.29 Å². The lowest BCUT2D eigenvalue weighted by molar-refractivity contribution is 0.112. The number of carbonyl (C=O) groups excluding carboxylic acids is 1. The van der Waals surface area contributed by atoms with Crippen molar-refractivity contribution in [1.82, 2.24) is 0 Å². The van der Waals surface area contributed by atoms with Gasteiger partial charge in [-0.25, -0.2) is 0 Å². The second-order valence-corrected chi connectivity index (χ2v) is 3.45. The summed E-state index contributed by atoms with van der Waals surface area (Å²) in [5.74, 6) is 0. The van der Waals surface area contributed by atoms with Crippen LogP contribution < -0.4 is 0 Å². The lowest BCUT2D eigenvalue weighted by Gasteiger charge is -1.84. The summed E-state index contributed by atoms with van der Waals surface area (Å²) >= 11 is 1.46. The van der Waals surface area contributed by atoms with Gasteiger partial charge in [-0.05, 0) is 18.2 Å². The number of thiophene rings is 1. The first-order valence-corrected chi connectivity index (χ1v) is 4.29. The van der Waals surface area contributed by atoms with E-state index in [4.69, 9.17) is 4.42 Å². The third kappa shape index (κ3) is 1.19. The molecule has 0 amide bonds. The molecule has 0 saturated carbocycles. The smallest absolute Gasteiger partial charge is 0.160 e. The quantitative estimate of drug-likeness (QED) is 0.662. The molecule has 0 spiro atoms. The molecule has 0 aliphatic heterocycles. The van der Waals surface area contributed by atoms with Gasteiger partial charge in [0.15, 0.2) is 6.29 Å². The van der Waals surface area contributed by atoms with Gasteiger partial charge in [-0.15, -0.1) is 11.3 Å². The van der Waals surface area contributed by atoms with E-state index in [1.165, 1.54) is 11.3 Å². The largest absolute Gasteiger partial charge is 0.472 e. The first kappa shape index (κ1) is 7.31. The predicted octanol–water partition coefficient (Wildman–Crippen LogP) is 2.82. The van der Waals surface area contributed by atoms with Crippen LogP contribution in [0.2, 0.25) is 0 Å². The molecular weight excluding hydrogens is 172 g/mol. The van der Waals surface area contributed by atoms with Gasteiger partial charge >= 0.3 is 0 Å². The molecule has 0 aromatic carbocycles. The highest BCUT2D eigenvalue weighted by molar-refractivity contribution is 7.17. The van der Waals surface area contributed by atoms with Gasteiger partial charge < -0.3 is 4.42 Å². The zero-order valence-corrected chi connectivity index (χ0v) is 7.01. The normalized spacial score (nSPS) is 10.0. The number of hydrogen-bond donors (Lipinski definition) is 0.